The van der Waals surface area contributed by atoms with Crippen LogP contribution in [-0.4, -0.2) is 11.0 Å². The lowest BCUT2D eigenvalue weighted by Crippen LogP contribution is -2.10. The minimum Gasteiger partial charge on any atom is -0.366 e. The van der Waals surface area contributed by atoms with E-state index in [1.165, 1.54) is 5.56 Å². The molecule has 2 heteroatoms. The van der Waals surface area contributed by atoms with Crippen LogP contribution in [0.1, 0.15) is 33.3 Å². The molecule has 1 aromatic rings. The Morgan fingerprint density at radius 2 is 1.73 bits per heavy atom. The van der Waals surface area contributed by atoms with Gasteiger partial charge in [0.05, 0.1) is 0 Å². The van der Waals surface area contributed by atoms with E-state index in [2.05, 4.69) is 57.1 Å². The molecule has 1 saturated carbocycles. The molecule has 0 atom stereocenters. The number of aromatic nitrogens is 1. The number of hydrogen-bond acceptors (Lipinski definition) is 2. The van der Waals surface area contributed by atoms with Crippen LogP contribution in [0.25, 0.3) is 0 Å². The van der Waals surface area contributed by atoms with Gasteiger partial charge in [0.1, 0.15) is 5.82 Å². The van der Waals surface area contributed by atoms with E-state index in [0.717, 1.165) is 5.82 Å². The van der Waals surface area contributed by atoms with Crippen molar-refractivity contribution in [2.24, 2.45) is 10.8 Å². The molecule has 2 rings (SSSR count). The van der Waals surface area contributed by atoms with Crippen LogP contribution in [-0.2, 0) is 0 Å². The lowest BCUT2D eigenvalue weighted by atomic mass is 10.0. The molecule has 1 aliphatic carbocycles. The molecule has 1 fully saturated rings. The third-order valence-electron chi connectivity index (χ3n) is 4.22. The third-order valence-corrected chi connectivity index (χ3v) is 4.22. The van der Waals surface area contributed by atoms with E-state index >= 15 is 0 Å². The fourth-order valence-corrected chi connectivity index (χ4v) is 2.26. The monoisotopic (exact) mass is 204 g/mol. The van der Waals surface area contributed by atoms with Crippen LogP contribution < -0.4 is 5.32 Å². The molecule has 15 heavy (non-hydrogen) atoms. The summed E-state index contributed by atoms with van der Waals surface area (Å²) in [4.78, 5) is 4.38. The number of hydrogen-bond donors (Lipinski definition) is 1. The van der Waals surface area contributed by atoms with Gasteiger partial charge in [0.2, 0.25) is 0 Å². The maximum Gasteiger partial charge on any atom is 0.126 e. The van der Waals surface area contributed by atoms with Crippen molar-refractivity contribution in [2.75, 3.05) is 5.32 Å². The molecule has 0 amide bonds. The summed E-state index contributed by atoms with van der Waals surface area (Å²) in [5, 5.41) is 3.51. The highest BCUT2D eigenvalue weighted by atomic mass is 15.1. The standard InChI is InChI=1S/C13H20N2/c1-9-6-7-10(14-8-9)15-11-12(2,3)13(11,4)5/h6-8,11H,1-5H3,(H,14,15). The minimum absolute atomic E-state index is 0.361. The quantitative estimate of drug-likeness (QED) is 0.800. The van der Waals surface area contributed by atoms with Gasteiger partial charge in [0.15, 0.2) is 0 Å². The molecular weight excluding hydrogens is 184 g/mol. The summed E-state index contributed by atoms with van der Waals surface area (Å²) in [6, 6.07) is 4.68. The molecule has 0 saturated heterocycles. The van der Waals surface area contributed by atoms with Crippen molar-refractivity contribution < 1.29 is 0 Å². The molecule has 0 radical (unpaired) electrons. The zero-order valence-corrected chi connectivity index (χ0v) is 10.3. The van der Waals surface area contributed by atoms with E-state index in [1.54, 1.807) is 0 Å². The van der Waals surface area contributed by atoms with Crippen molar-refractivity contribution in [3.8, 4) is 0 Å². The second-order valence-electron chi connectivity index (χ2n) is 5.74. The van der Waals surface area contributed by atoms with Crippen LogP contribution in [0.2, 0.25) is 0 Å². The predicted octanol–water partition coefficient (Wildman–Crippen LogP) is 3.24. The Hall–Kier alpha value is -1.05. The van der Waals surface area contributed by atoms with Gasteiger partial charge in [-0.2, -0.15) is 0 Å². The van der Waals surface area contributed by atoms with Crippen molar-refractivity contribution in [3.05, 3.63) is 23.9 Å². The number of pyridine rings is 1. The summed E-state index contributed by atoms with van der Waals surface area (Å²) in [7, 11) is 0. The van der Waals surface area contributed by atoms with Gasteiger partial charge in [-0.3, -0.25) is 0 Å². The van der Waals surface area contributed by atoms with Crippen molar-refractivity contribution >= 4 is 5.82 Å². The largest absolute Gasteiger partial charge is 0.366 e. The number of nitrogens with one attached hydrogen (secondary N) is 1. The molecule has 0 aromatic carbocycles. The molecule has 1 N–H and O–H groups in total. The van der Waals surface area contributed by atoms with Crippen LogP contribution >= 0.6 is 0 Å². The first-order chi connectivity index (χ1) is 6.85. The fraction of sp³-hybridized carbons (Fsp3) is 0.615. The summed E-state index contributed by atoms with van der Waals surface area (Å²) >= 11 is 0. The van der Waals surface area contributed by atoms with Crippen molar-refractivity contribution in [1.82, 2.24) is 4.98 Å². The summed E-state index contributed by atoms with van der Waals surface area (Å²) < 4.78 is 0. The van der Waals surface area contributed by atoms with Gasteiger partial charge >= 0.3 is 0 Å². The van der Waals surface area contributed by atoms with Gasteiger partial charge in [-0.15, -0.1) is 0 Å². The lowest BCUT2D eigenvalue weighted by Gasteiger charge is -2.07. The van der Waals surface area contributed by atoms with E-state index < -0.39 is 0 Å². The summed E-state index contributed by atoms with van der Waals surface area (Å²) in [6.45, 7) is 11.3. The Balaban J connectivity index is 2.09. The highest BCUT2D eigenvalue weighted by Gasteiger charge is 2.65. The van der Waals surface area contributed by atoms with Crippen LogP contribution in [0.3, 0.4) is 0 Å². The summed E-state index contributed by atoms with van der Waals surface area (Å²) in [5.41, 5.74) is 1.92. The van der Waals surface area contributed by atoms with E-state index in [0.29, 0.717) is 16.9 Å². The third kappa shape index (κ3) is 1.52. The number of anilines is 1. The molecule has 82 valence electrons. The Bertz CT molecular complexity index is 349. The van der Waals surface area contributed by atoms with Gasteiger partial charge in [0, 0.05) is 12.2 Å². The smallest absolute Gasteiger partial charge is 0.126 e. The Labute approximate surface area is 92.1 Å². The van der Waals surface area contributed by atoms with Crippen molar-refractivity contribution in [1.29, 1.82) is 0 Å². The molecule has 2 nitrogen and oxygen atoms in total. The summed E-state index contributed by atoms with van der Waals surface area (Å²) in [6.07, 6.45) is 1.91. The van der Waals surface area contributed by atoms with Gasteiger partial charge in [-0.05, 0) is 29.4 Å². The minimum atomic E-state index is 0.361. The van der Waals surface area contributed by atoms with Crippen LogP contribution in [0.5, 0.6) is 0 Å². The van der Waals surface area contributed by atoms with Gasteiger partial charge in [-0.1, -0.05) is 33.8 Å². The maximum atomic E-state index is 4.38. The molecule has 0 bridgehead atoms. The first-order valence-corrected chi connectivity index (χ1v) is 5.55. The zero-order chi connectivity index (χ0) is 11.3. The van der Waals surface area contributed by atoms with Gasteiger partial charge < -0.3 is 5.32 Å². The molecule has 0 aliphatic heterocycles. The highest BCUT2D eigenvalue weighted by Crippen LogP contribution is 2.63. The van der Waals surface area contributed by atoms with E-state index in [1.807, 2.05) is 6.20 Å². The second-order valence-corrected chi connectivity index (χ2v) is 5.74. The van der Waals surface area contributed by atoms with Crippen LogP contribution in [0.4, 0.5) is 5.82 Å². The second kappa shape index (κ2) is 2.97. The van der Waals surface area contributed by atoms with Gasteiger partial charge in [0.25, 0.3) is 0 Å². The highest BCUT2D eigenvalue weighted by molar-refractivity contribution is 5.42. The Kier molecular flexibility index (Phi) is 2.07. The number of aryl methyl sites for hydroxylation is 1. The average Bonchev–Trinajstić information content (AvgIpc) is 2.52. The molecule has 0 spiro atoms. The SMILES string of the molecule is Cc1ccc(NC2C(C)(C)C2(C)C)nc1. The van der Waals surface area contributed by atoms with E-state index in [4.69, 9.17) is 0 Å². The zero-order valence-electron chi connectivity index (χ0n) is 10.3. The number of rotatable bonds is 2. The Morgan fingerprint density at radius 3 is 2.13 bits per heavy atom. The Morgan fingerprint density at radius 1 is 1.13 bits per heavy atom. The van der Waals surface area contributed by atoms with Crippen LogP contribution in [0.15, 0.2) is 18.3 Å². The molecule has 1 heterocycles. The van der Waals surface area contributed by atoms with E-state index in [9.17, 15) is 0 Å². The molecule has 0 unspecified atom stereocenters. The van der Waals surface area contributed by atoms with E-state index in [-0.39, 0.29) is 0 Å². The normalized spacial score (nSPS) is 22.5. The molecule has 1 aliphatic rings. The van der Waals surface area contributed by atoms with Crippen molar-refractivity contribution in [3.63, 3.8) is 0 Å². The van der Waals surface area contributed by atoms with Crippen LogP contribution in [0, 0.1) is 17.8 Å². The topological polar surface area (TPSA) is 24.9 Å². The molecular formula is C13H20N2. The van der Waals surface area contributed by atoms with Gasteiger partial charge in [-0.25, -0.2) is 4.98 Å². The first kappa shape index (κ1) is 10.5. The lowest BCUT2D eigenvalue weighted by molar-refractivity contribution is 0.457. The fourth-order valence-electron chi connectivity index (χ4n) is 2.26. The number of nitrogens with zero attached hydrogens (tertiary/aromatic N) is 1. The summed E-state index contributed by atoms with van der Waals surface area (Å²) in [5.74, 6) is 0.990. The molecule has 1 aromatic heterocycles. The first-order valence-electron chi connectivity index (χ1n) is 5.55. The van der Waals surface area contributed by atoms with Crippen molar-refractivity contribution in [2.45, 2.75) is 40.7 Å². The average molecular weight is 204 g/mol. The maximum absolute atomic E-state index is 4.38. The predicted molar refractivity (Wildman–Crippen MR) is 63.9 cm³/mol.